The van der Waals surface area contributed by atoms with Gasteiger partial charge in [0.15, 0.2) is 0 Å². The summed E-state index contributed by atoms with van der Waals surface area (Å²) in [6.07, 6.45) is -0.344. The highest BCUT2D eigenvalue weighted by Crippen LogP contribution is 2.33. The van der Waals surface area contributed by atoms with Gasteiger partial charge in [0.25, 0.3) is 0 Å². The quantitative estimate of drug-likeness (QED) is 0.520. The number of halogens is 1. The van der Waals surface area contributed by atoms with Crippen molar-refractivity contribution in [3.05, 3.63) is 88.4 Å². The van der Waals surface area contributed by atoms with Gasteiger partial charge in [-0.1, -0.05) is 48.0 Å². The van der Waals surface area contributed by atoms with E-state index in [9.17, 15) is 9.90 Å². The van der Waals surface area contributed by atoms with Gasteiger partial charge >= 0.3 is 0 Å². The number of aliphatic hydroxyl groups excluding tert-OH is 1. The molecule has 0 saturated heterocycles. The molecule has 0 aromatic heterocycles. The Kier molecular flexibility index (Phi) is 4.65. The maximum Gasteiger partial charge on any atom is 0.249 e. The third-order valence-electron chi connectivity index (χ3n) is 5.23. The molecule has 2 atom stereocenters. The molecule has 2 heterocycles. The van der Waals surface area contributed by atoms with Gasteiger partial charge < -0.3 is 21.1 Å². The van der Waals surface area contributed by atoms with Crippen LogP contribution in [0, 0.1) is 0 Å². The van der Waals surface area contributed by atoms with Gasteiger partial charge in [0.05, 0.1) is 22.8 Å². The van der Waals surface area contributed by atoms with Crippen molar-refractivity contribution in [3.8, 4) is 0 Å². The van der Waals surface area contributed by atoms with E-state index in [-0.39, 0.29) is 5.91 Å². The summed E-state index contributed by atoms with van der Waals surface area (Å²) in [5, 5.41) is 19.3. The predicted octanol–water partition coefficient (Wildman–Crippen LogP) is 3.85. The summed E-state index contributed by atoms with van der Waals surface area (Å²) in [7, 11) is 0. The molecule has 3 aromatic rings. The number of carbonyl (C=O) groups is 1. The van der Waals surface area contributed by atoms with Crippen LogP contribution in [0.15, 0.2) is 71.7 Å². The molecule has 150 valence electrons. The van der Waals surface area contributed by atoms with E-state index in [4.69, 9.17) is 16.6 Å². The van der Waals surface area contributed by atoms with E-state index in [0.29, 0.717) is 22.8 Å². The summed E-state index contributed by atoms with van der Waals surface area (Å²) in [6, 6.07) is 20.3. The lowest BCUT2D eigenvalue weighted by Gasteiger charge is -2.12. The van der Waals surface area contributed by atoms with Crippen LogP contribution in [0.1, 0.15) is 16.7 Å². The summed E-state index contributed by atoms with van der Waals surface area (Å²) in [4.78, 5) is 17.9. The molecule has 3 aromatic carbocycles. The van der Waals surface area contributed by atoms with Gasteiger partial charge in [0, 0.05) is 22.6 Å². The normalized spacial score (nSPS) is 19.5. The van der Waals surface area contributed by atoms with Crippen LogP contribution >= 0.6 is 11.6 Å². The number of aliphatic hydroxyl groups is 1. The molecule has 2 aliphatic rings. The van der Waals surface area contributed by atoms with E-state index < -0.39 is 12.4 Å². The number of benzodiazepines with no additional fused rings is 1. The van der Waals surface area contributed by atoms with Crippen molar-refractivity contribution in [1.82, 2.24) is 0 Å². The Balaban J connectivity index is 1.62. The summed E-state index contributed by atoms with van der Waals surface area (Å²) in [5.41, 5.74) is 5.56. The third-order valence-corrected chi connectivity index (χ3v) is 5.47. The number of nitrogens with zero attached hydrogens (tertiary/aromatic N) is 1. The van der Waals surface area contributed by atoms with Crippen LogP contribution in [0.25, 0.3) is 0 Å². The number of rotatable bonds is 3. The monoisotopic (exact) mass is 418 g/mol. The van der Waals surface area contributed by atoms with Crippen LogP contribution in [0.2, 0.25) is 5.02 Å². The van der Waals surface area contributed by atoms with Crippen LogP contribution in [-0.4, -0.2) is 29.1 Å². The summed E-state index contributed by atoms with van der Waals surface area (Å²) in [6.45, 7) is 0. The van der Waals surface area contributed by atoms with Crippen molar-refractivity contribution < 1.29 is 9.90 Å². The molecule has 0 spiro atoms. The molecule has 6 nitrogen and oxygen atoms in total. The predicted molar refractivity (Wildman–Crippen MR) is 119 cm³/mol. The first-order valence-corrected chi connectivity index (χ1v) is 10.0. The Hall–Kier alpha value is -3.35. The Morgan fingerprint density at radius 3 is 2.53 bits per heavy atom. The van der Waals surface area contributed by atoms with E-state index in [1.54, 1.807) is 12.1 Å². The minimum atomic E-state index is -0.831. The van der Waals surface area contributed by atoms with Gasteiger partial charge in [0.1, 0.15) is 6.04 Å². The first-order chi connectivity index (χ1) is 14.6. The number of anilines is 3. The highest BCUT2D eigenvalue weighted by molar-refractivity contribution is 6.32. The number of carbonyl (C=O) groups excluding carboxylic acids is 1. The molecule has 5 rings (SSSR count). The van der Waals surface area contributed by atoms with Gasteiger partial charge in [-0.25, -0.2) is 0 Å². The fraction of sp³-hybridized carbons (Fsp3) is 0.130. The Labute approximate surface area is 178 Å². The fourth-order valence-electron chi connectivity index (χ4n) is 3.79. The van der Waals surface area contributed by atoms with Gasteiger partial charge in [0.2, 0.25) is 12.3 Å². The van der Waals surface area contributed by atoms with E-state index >= 15 is 0 Å². The lowest BCUT2D eigenvalue weighted by Crippen LogP contribution is -2.27. The molecule has 2 unspecified atom stereocenters. The molecule has 0 saturated carbocycles. The smallest absolute Gasteiger partial charge is 0.249 e. The first kappa shape index (κ1) is 18.7. The lowest BCUT2D eigenvalue weighted by atomic mass is 9.99. The summed E-state index contributed by atoms with van der Waals surface area (Å²) >= 11 is 6.28. The standard InChI is InChI=1S/C23H19ClN4O2/c24-15-7-9-17-16(12-15)21(14-6-8-18-19(11-14)28-23(30)27-18)25-20(22(29)26-17)10-13-4-2-1-3-5-13/h1-9,11-12,20,23,27-28,30H,10H2,(H,26,29). The second-order valence-electron chi connectivity index (χ2n) is 7.31. The number of fused-ring (bicyclic) bond motifs is 2. The third kappa shape index (κ3) is 3.51. The summed E-state index contributed by atoms with van der Waals surface area (Å²) in [5.74, 6) is -0.159. The van der Waals surface area contributed by atoms with Crippen LogP contribution < -0.4 is 16.0 Å². The highest BCUT2D eigenvalue weighted by Gasteiger charge is 2.27. The average Bonchev–Trinajstić information content (AvgIpc) is 3.06. The van der Waals surface area contributed by atoms with Gasteiger partial charge in [-0.2, -0.15) is 0 Å². The van der Waals surface area contributed by atoms with Crippen molar-refractivity contribution >= 4 is 40.3 Å². The van der Waals surface area contributed by atoms with Crippen molar-refractivity contribution in [2.75, 3.05) is 16.0 Å². The van der Waals surface area contributed by atoms with E-state index in [1.807, 2.05) is 54.6 Å². The zero-order valence-electron chi connectivity index (χ0n) is 15.9. The van der Waals surface area contributed by atoms with Crippen molar-refractivity contribution in [2.45, 2.75) is 18.8 Å². The summed E-state index contributed by atoms with van der Waals surface area (Å²) < 4.78 is 0. The zero-order chi connectivity index (χ0) is 20.7. The second kappa shape index (κ2) is 7.48. The lowest BCUT2D eigenvalue weighted by molar-refractivity contribution is -0.117. The van der Waals surface area contributed by atoms with Crippen molar-refractivity contribution in [3.63, 3.8) is 0 Å². The van der Waals surface area contributed by atoms with Crippen molar-refractivity contribution in [1.29, 1.82) is 0 Å². The molecule has 0 aliphatic carbocycles. The van der Waals surface area contributed by atoms with Gasteiger partial charge in [-0.3, -0.25) is 9.79 Å². The molecule has 0 radical (unpaired) electrons. The Morgan fingerprint density at radius 2 is 1.70 bits per heavy atom. The minimum Gasteiger partial charge on any atom is -0.357 e. The number of nitrogens with one attached hydrogen (secondary N) is 3. The maximum absolute atomic E-state index is 13.0. The molecular formula is C23H19ClN4O2. The second-order valence-corrected chi connectivity index (χ2v) is 7.75. The topological polar surface area (TPSA) is 85.8 Å². The largest absolute Gasteiger partial charge is 0.357 e. The molecule has 1 amide bonds. The number of aliphatic imine (C=N–C) groups is 1. The fourth-order valence-corrected chi connectivity index (χ4v) is 3.97. The number of hydrogen-bond acceptors (Lipinski definition) is 5. The number of benzene rings is 3. The number of hydrogen-bond donors (Lipinski definition) is 4. The first-order valence-electron chi connectivity index (χ1n) is 9.65. The van der Waals surface area contributed by atoms with Crippen molar-refractivity contribution in [2.24, 2.45) is 4.99 Å². The Bertz CT molecular complexity index is 1160. The van der Waals surface area contributed by atoms with Crippen LogP contribution in [0.3, 0.4) is 0 Å². The molecule has 2 aliphatic heterocycles. The average molecular weight is 419 g/mol. The maximum atomic E-state index is 13.0. The van der Waals surface area contributed by atoms with E-state index in [0.717, 1.165) is 28.1 Å². The van der Waals surface area contributed by atoms with Gasteiger partial charge in [-0.15, -0.1) is 0 Å². The minimum absolute atomic E-state index is 0.159. The Morgan fingerprint density at radius 1 is 0.933 bits per heavy atom. The van der Waals surface area contributed by atoms with Crippen LogP contribution in [0.5, 0.6) is 0 Å². The SMILES string of the molecule is O=C1Nc2ccc(Cl)cc2C(c2ccc3c(c2)NC(O)N3)=NC1Cc1ccccc1. The molecule has 7 heteroatoms. The number of amides is 1. The molecule has 30 heavy (non-hydrogen) atoms. The van der Waals surface area contributed by atoms with Crippen LogP contribution in [-0.2, 0) is 11.2 Å². The molecule has 0 bridgehead atoms. The molecule has 4 N–H and O–H groups in total. The van der Waals surface area contributed by atoms with E-state index in [1.165, 1.54) is 0 Å². The molecular weight excluding hydrogens is 400 g/mol. The highest BCUT2D eigenvalue weighted by atomic mass is 35.5. The molecule has 0 fully saturated rings. The van der Waals surface area contributed by atoms with Gasteiger partial charge in [-0.05, 0) is 35.9 Å². The van der Waals surface area contributed by atoms with E-state index in [2.05, 4.69) is 16.0 Å². The zero-order valence-corrected chi connectivity index (χ0v) is 16.6. The van der Waals surface area contributed by atoms with Crippen LogP contribution in [0.4, 0.5) is 17.1 Å².